The summed E-state index contributed by atoms with van der Waals surface area (Å²) in [6, 6.07) is 17.7. The van der Waals surface area contributed by atoms with Crippen LogP contribution in [-0.4, -0.2) is 37.9 Å². The first-order valence-corrected chi connectivity index (χ1v) is 12.0. The summed E-state index contributed by atoms with van der Waals surface area (Å²) in [6.45, 7) is 3.14. The minimum atomic E-state index is -0.376. The zero-order valence-corrected chi connectivity index (χ0v) is 19.3. The monoisotopic (exact) mass is 460 g/mol. The summed E-state index contributed by atoms with van der Waals surface area (Å²) in [5, 5.41) is 7.27. The first kappa shape index (κ1) is 21.3. The van der Waals surface area contributed by atoms with Crippen molar-refractivity contribution in [3.05, 3.63) is 81.9 Å². The van der Waals surface area contributed by atoms with Crippen molar-refractivity contribution in [3.8, 4) is 0 Å². The molecule has 0 fully saturated rings. The third-order valence-corrected chi connectivity index (χ3v) is 6.46. The van der Waals surface area contributed by atoms with E-state index < -0.39 is 0 Å². The summed E-state index contributed by atoms with van der Waals surface area (Å²) in [7, 11) is 0. The number of hydrogen-bond donors (Lipinski definition) is 1. The molecule has 0 unspecified atom stereocenters. The molecule has 1 amide bonds. The van der Waals surface area contributed by atoms with Crippen LogP contribution in [0, 0.1) is 6.92 Å². The summed E-state index contributed by atoms with van der Waals surface area (Å²) in [5.74, 6) is 0.251. The molecular weight excluding hydrogens is 436 g/mol. The molecule has 1 aliphatic rings. The molecule has 5 rings (SSSR count). The topological polar surface area (TPSA) is 84.5 Å². The molecule has 8 nitrogen and oxygen atoms in total. The van der Waals surface area contributed by atoms with Gasteiger partial charge in [0.1, 0.15) is 6.54 Å². The molecule has 0 aliphatic carbocycles. The number of benzene rings is 2. The molecule has 0 atom stereocenters. The quantitative estimate of drug-likeness (QED) is 0.461. The Morgan fingerprint density at radius 3 is 2.76 bits per heavy atom. The number of aryl methyl sites for hydroxylation is 1. The van der Waals surface area contributed by atoms with E-state index in [0.29, 0.717) is 23.8 Å². The van der Waals surface area contributed by atoms with E-state index >= 15 is 0 Å². The van der Waals surface area contributed by atoms with Crippen molar-refractivity contribution >= 4 is 35.0 Å². The van der Waals surface area contributed by atoms with E-state index in [1.54, 1.807) is 17.8 Å². The minimum absolute atomic E-state index is 0.175. The number of nitrogens with one attached hydrogen (secondary N) is 1. The van der Waals surface area contributed by atoms with Crippen LogP contribution in [-0.2, 0) is 24.3 Å². The van der Waals surface area contributed by atoms with Crippen molar-refractivity contribution in [3.63, 3.8) is 0 Å². The van der Waals surface area contributed by atoms with Gasteiger partial charge in [-0.25, -0.2) is 18.9 Å². The van der Waals surface area contributed by atoms with Crippen LogP contribution >= 0.6 is 11.8 Å². The summed E-state index contributed by atoms with van der Waals surface area (Å²) >= 11 is 1.60. The fourth-order valence-corrected chi connectivity index (χ4v) is 4.61. The molecule has 0 saturated heterocycles. The third-order valence-electron chi connectivity index (χ3n) is 5.74. The van der Waals surface area contributed by atoms with E-state index in [0.717, 1.165) is 23.6 Å². The van der Waals surface area contributed by atoms with Gasteiger partial charge < -0.3 is 10.2 Å². The van der Waals surface area contributed by atoms with E-state index in [2.05, 4.69) is 38.5 Å². The highest BCUT2D eigenvalue weighted by Crippen LogP contribution is 2.23. The largest absolute Gasteiger partial charge is 0.353 e. The van der Waals surface area contributed by atoms with E-state index in [9.17, 15) is 9.59 Å². The second-order valence-corrected chi connectivity index (χ2v) is 8.93. The van der Waals surface area contributed by atoms with Crippen LogP contribution in [0.5, 0.6) is 0 Å². The summed E-state index contributed by atoms with van der Waals surface area (Å²) in [4.78, 5) is 33.7. The maximum absolute atomic E-state index is 13.3. The van der Waals surface area contributed by atoms with Crippen LogP contribution in [0.4, 0.5) is 11.6 Å². The highest BCUT2D eigenvalue weighted by molar-refractivity contribution is 7.98. The van der Waals surface area contributed by atoms with Crippen LogP contribution in [0.1, 0.15) is 16.8 Å². The molecule has 0 spiro atoms. The Kier molecular flexibility index (Phi) is 5.63. The Labute approximate surface area is 195 Å². The van der Waals surface area contributed by atoms with Crippen molar-refractivity contribution in [2.24, 2.45) is 0 Å². The highest BCUT2D eigenvalue weighted by atomic mass is 32.2. The number of amides is 1. The van der Waals surface area contributed by atoms with Crippen molar-refractivity contribution in [1.29, 1.82) is 0 Å². The lowest BCUT2D eigenvalue weighted by atomic mass is 10.0. The average Bonchev–Trinajstić information content (AvgIpc) is 3.12. The molecular formula is C24H24N6O2S. The van der Waals surface area contributed by atoms with Crippen molar-refractivity contribution in [2.75, 3.05) is 23.0 Å². The Hall–Kier alpha value is -3.59. The maximum Gasteiger partial charge on any atom is 0.353 e. The summed E-state index contributed by atoms with van der Waals surface area (Å²) in [6.07, 6.45) is 2.86. The predicted molar refractivity (Wildman–Crippen MR) is 130 cm³/mol. The molecule has 1 aliphatic heterocycles. The third kappa shape index (κ3) is 4.23. The SMILES string of the molecule is CSc1cccc(NC(=O)Cn2nc3cc(C)nc(N4CCc5ccccc5C4)n3c2=O)c1. The van der Waals surface area contributed by atoms with E-state index in [1.807, 2.05) is 43.5 Å². The zero-order valence-electron chi connectivity index (χ0n) is 18.5. The van der Waals surface area contributed by atoms with E-state index in [1.165, 1.54) is 20.2 Å². The van der Waals surface area contributed by atoms with E-state index in [4.69, 9.17) is 0 Å². The number of thioether (sulfide) groups is 1. The van der Waals surface area contributed by atoms with Crippen LogP contribution < -0.4 is 15.9 Å². The van der Waals surface area contributed by atoms with Gasteiger partial charge >= 0.3 is 5.69 Å². The van der Waals surface area contributed by atoms with Gasteiger partial charge in [0.05, 0.1) is 0 Å². The van der Waals surface area contributed by atoms with Crippen LogP contribution in [0.25, 0.3) is 5.65 Å². The fraction of sp³-hybridized carbons (Fsp3) is 0.250. The zero-order chi connectivity index (χ0) is 22.9. The fourth-order valence-electron chi connectivity index (χ4n) is 4.15. The Morgan fingerprint density at radius 1 is 1.12 bits per heavy atom. The lowest BCUT2D eigenvalue weighted by molar-refractivity contribution is -0.117. The number of fused-ring (bicyclic) bond motifs is 2. The molecule has 1 N–H and O–H groups in total. The van der Waals surface area contributed by atoms with Gasteiger partial charge in [-0.1, -0.05) is 30.3 Å². The van der Waals surface area contributed by atoms with Crippen LogP contribution in [0.2, 0.25) is 0 Å². The number of carbonyl (C=O) groups is 1. The molecule has 3 heterocycles. The first-order valence-electron chi connectivity index (χ1n) is 10.7. The van der Waals surface area contributed by atoms with Crippen molar-refractivity contribution in [2.45, 2.75) is 31.3 Å². The van der Waals surface area contributed by atoms with Gasteiger partial charge in [0, 0.05) is 35.4 Å². The number of hydrogen-bond acceptors (Lipinski definition) is 6. The van der Waals surface area contributed by atoms with Gasteiger partial charge in [-0.3, -0.25) is 4.79 Å². The molecule has 2 aromatic heterocycles. The normalized spacial score (nSPS) is 13.2. The number of nitrogens with zero attached hydrogens (tertiary/aromatic N) is 5. The lowest BCUT2D eigenvalue weighted by Gasteiger charge is -2.29. The molecule has 33 heavy (non-hydrogen) atoms. The van der Waals surface area contributed by atoms with Crippen LogP contribution in [0.15, 0.2) is 64.3 Å². The van der Waals surface area contributed by atoms with E-state index in [-0.39, 0.29) is 18.1 Å². The Bertz CT molecular complexity index is 1410. The average molecular weight is 461 g/mol. The second-order valence-electron chi connectivity index (χ2n) is 8.05. The van der Waals surface area contributed by atoms with Crippen molar-refractivity contribution < 1.29 is 4.79 Å². The number of carbonyl (C=O) groups excluding carboxylic acids is 1. The second kappa shape index (κ2) is 8.74. The Balaban J connectivity index is 1.44. The summed E-state index contributed by atoms with van der Waals surface area (Å²) < 4.78 is 2.70. The molecule has 0 bridgehead atoms. The summed E-state index contributed by atoms with van der Waals surface area (Å²) in [5.41, 5.74) is 4.12. The Morgan fingerprint density at radius 2 is 1.94 bits per heavy atom. The molecule has 9 heteroatoms. The first-order chi connectivity index (χ1) is 16.0. The molecule has 0 saturated carbocycles. The lowest BCUT2D eigenvalue weighted by Crippen LogP contribution is -2.35. The van der Waals surface area contributed by atoms with Crippen LogP contribution in [0.3, 0.4) is 0 Å². The molecule has 2 aromatic carbocycles. The van der Waals surface area contributed by atoms with Gasteiger partial charge in [0.15, 0.2) is 5.65 Å². The minimum Gasteiger partial charge on any atom is -0.337 e. The number of aromatic nitrogens is 4. The molecule has 0 radical (unpaired) electrons. The molecule has 4 aromatic rings. The highest BCUT2D eigenvalue weighted by Gasteiger charge is 2.22. The van der Waals surface area contributed by atoms with Gasteiger partial charge in [-0.05, 0) is 48.9 Å². The molecule has 168 valence electrons. The maximum atomic E-state index is 13.3. The smallest absolute Gasteiger partial charge is 0.337 e. The van der Waals surface area contributed by atoms with Gasteiger partial charge in [-0.15, -0.1) is 16.9 Å². The predicted octanol–water partition coefficient (Wildman–Crippen LogP) is 3.12. The van der Waals surface area contributed by atoms with Crippen molar-refractivity contribution in [1.82, 2.24) is 19.2 Å². The number of rotatable bonds is 5. The number of anilines is 2. The van der Waals surface area contributed by atoms with Gasteiger partial charge in [-0.2, -0.15) is 0 Å². The van der Waals surface area contributed by atoms with Gasteiger partial charge in [0.25, 0.3) is 0 Å². The van der Waals surface area contributed by atoms with Gasteiger partial charge in [0.2, 0.25) is 11.9 Å². The standard InChI is InChI=1S/C24H24N6O2S/c1-16-12-21-27-29(15-22(31)26-19-8-5-9-20(13-19)33-2)24(32)30(21)23(25-16)28-11-10-17-6-3-4-7-18(17)14-28/h3-9,12-13H,10-11,14-15H2,1-2H3,(H,26,31).